The molecule has 1 aromatic carbocycles. The first kappa shape index (κ1) is 16.5. The van der Waals surface area contributed by atoms with Crippen molar-refractivity contribution in [1.29, 1.82) is 0 Å². The molecular weight excluding hydrogens is 324 g/mol. The Balaban J connectivity index is 1.76. The van der Waals surface area contributed by atoms with Crippen molar-refractivity contribution in [3.63, 3.8) is 0 Å². The van der Waals surface area contributed by atoms with E-state index in [0.717, 1.165) is 28.2 Å². The Morgan fingerprint density at radius 3 is 2.71 bits per heavy atom. The Kier molecular flexibility index (Phi) is 4.85. The molecule has 0 N–H and O–H groups in total. The molecule has 1 aliphatic heterocycles. The number of carbonyl (C=O) groups is 1. The summed E-state index contributed by atoms with van der Waals surface area (Å²) >= 11 is 1.61. The van der Waals surface area contributed by atoms with Gasteiger partial charge >= 0.3 is 0 Å². The Labute approximate surface area is 145 Å². The molecule has 0 fully saturated rings. The Morgan fingerprint density at radius 2 is 2.04 bits per heavy atom. The summed E-state index contributed by atoms with van der Waals surface area (Å²) in [5.74, 6) is 1.40. The molecule has 24 heavy (non-hydrogen) atoms. The number of carbonyl (C=O) groups excluding carboxylic acids is 1. The zero-order chi connectivity index (χ0) is 17.1. The largest absolute Gasteiger partial charge is 0.493 e. The third-order valence-corrected chi connectivity index (χ3v) is 5.02. The Bertz CT molecular complexity index is 783. The van der Waals surface area contributed by atoms with Gasteiger partial charge in [-0.2, -0.15) is 0 Å². The first-order valence-electron chi connectivity index (χ1n) is 7.80. The standard InChI is InChI=1S/C18H20N2O3S/c1-4-17-19-14(11-24-17)9-18(21)20-6-5-12-7-15(22-2)16(23-3)8-13(12)10-20/h5-8,11H,4,9-10H2,1-3H3. The molecule has 0 saturated heterocycles. The van der Waals surface area contributed by atoms with Crippen LogP contribution in [0, 0.1) is 0 Å². The summed E-state index contributed by atoms with van der Waals surface area (Å²) in [5, 5.41) is 3.03. The lowest BCUT2D eigenvalue weighted by Crippen LogP contribution is -2.28. The molecule has 2 aromatic rings. The van der Waals surface area contributed by atoms with E-state index in [-0.39, 0.29) is 5.91 Å². The number of hydrogen-bond donors (Lipinski definition) is 0. The van der Waals surface area contributed by atoms with Crippen molar-refractivity contribution in [2.45, 2.75) is 26.3 Å². The maximum atomic E-state index is 12.5. The van der Waals surface area contributed by atoms with Crippen molar-refractivity contribution >= 4 is 23.3 Å². The highest BCUT2D eigenvalue weighted by molar-refractivity contribution is 7.09. The highest BCUT2D eigenvalue weighted by Gasteiger charge is 2.20. The van der Waals surface area contributed by atoms with Crippen LogP contribution < -0.4 is 9.47 Å². The van der Waals surface area contributed by atoms with Crippen molar-refractivity contribution in [1.82, 2.24) is 9.88 Å². The number of aryl methyl sites for hydroxylation is 1. The van der Waals surface area contributed by atoms with Crippen LogP contribution >= 0.6 is 11.3 Å². The monoisotopic (exact) mass is 344 g/mol. The average molecular weight is 344 g/mol. The average Bonchev–Trinajstić information content (AvgIpc) is 3.07. The minimum atomic E-state index is 0.0413. The van der Waals surface area contributed by atoms with Crippen molar-refractivity contribution in [3.8, 4) is 11.5 Å². The predicted octanol–water partition coefficient (Wildman–Crippen LogP) is 3.28. The molecular formula is C18H20N2O3S. The van der Waals surface area contributed by atoms with Gasteiger partial charge in [-0.05, 0) is 35.8 Å². The van der Waals surface area contributed by atoms with Crippen molar-refractivity contribution in [2.24, 2.45) is 0 Å². The van der Waals surface area contributed by atoms with E-state index in [2.05, 4.69) is 11.9 Å². The van der Waals surface area contributed by atoms with E-state index >= 15 is 0 Å². The molecule has 0 atom stereocenters. The molecule has 0 bridgehead atoms. The summed E-state index contributed by atoms with van der Waals surface area (Å²) < 4.78 is 10.7. The van der Waals surface area contributed by atoms with Crippen LogP contribution in [0.1, 0.15) is 28.8 Å². The zero-order valence-electron chi connectivity index (χ0n) is 14.0. The van der Waals surface area contributed by atoms with Crippen LogP contribution in [-0.2, 0) is 24.2 Å². The molecule has 1 amide bonds. The second-order valence-electron chi connectivity index (χ2n) is 5.51. The van der Waals surface area contributed by atoms with Crippen LogP contribution in [0.3, 0.4) is 0 Å². The van der Waals surface area contributed by atoms with Crippen LogP contribution in [0.25, 0.3) is 6.08 Å². The van der Waals surface area contributed by atoms with Crippen LogP contribution in [0.5, 0.6) is 11.5 Å². The number of fused-ring (bicyclic) bond motifs is 1. The van der Waals surface area contributed by atoms with E-state index in [4.69, 9.17) is 9.47 Å². The maximum Gasteiger partial charge on any atom is 0.232 e. The van der Waals surface area contributed by atoms with Gasteiger partial charge < -0.3 is 14.4 Å². The quantitative estimate of drug-likeness (QED) is 0.835. The van der Waals surface area contributed by atoms with Gasteiger partial charge in [-0.3, -0.25) is 4.79 Å². The number of aromatic nitrogens is 1. The fourth-order valence-electron chi connectivity index (χ4n) is 2.66. The minimum Gasteiger partial charge on any atom is -0.493 e. The van der Waals surface area contributed by atoms with Gasteiger partial charge in [0.15, 0.2) is 11.5 Å². The van der Waals surface area contributed by atoms with Gasteiger partial charge in [0.05, 0.1) is 37.9 Å². The molecule has 0 unspecified atom stereocenters. The highest BCUT2D eigenvalue weighted by Crippen LogP contribution is 2.33. The smallest absolute Gasteiger partial charge is 0.232 e. The molecule has 0 radical (unpaired) electrons. The summed E-state index contributed by atoms with van der Waals surface area (Å²) in [6.45, 7) is 2.59. The number of thiazole rings is 1. The van der Waals surface area contributed by atoms with Gasteiger partial charge in [0.25, 0.3) is 0 Å². The Morgan fingerprint density at radius 1 is 1.29 bits per heavy atom. The number of benzene rings is 1. The second kappa shape index (κ2) is 7.05. The number of methoxy groups -OCH3 is 2. The maximum absolute atomic E-state index is 12.5. The summed E-state index contributed by atoms with van der Waals surface area (Å²) in [6.07, 6.45) is 4.97. The van der Waals surface area contributed by atoms with Gasteiger partial charge in [0.2, 0.25) is 5.91 Å². The van der Waals surface area contributed by atoms with Crippen LogP contribution in [0.4, 0.5) is 0 Å². The van der Waals surface area contributed by atoms with Crippen molar-refractivity contribution < 1.29 is 14.3 Å². The lowest BCUT2D eigenvalue weighted by molar-refractivity contribution is -0.128. The SMILES string of the molecule is CCc1nc(CC(=O)N2C=Cc3cc(OC)c(OC)cc3C2)cs1. The molecule has 2 heterocycles. The van der Waals surface area contributed by atoms with Crippen LogP contribution in [0.15, 0.2) is 23.7 Å². The third kappa shape index (κ3) is 3.28. The molecule has 0 saturated carbocycles. The van der Waals surface area contributed by atoms with E-state index in [1.54, 1.807) is 30.5 Å². The fraction of sp³-hybridized carbons (Fsp3) is 0.333. The predicted molar refractivity (Wildman–Crippen MR) is 94.3 cm³/mol. The number of rotatable bonds is 5. The number of amides is 1. The van der Waals surface area contributed by atoms with E-state index in [9.17, 15) is 4.79 Å². The lowest BCUT2D eigenvalue weighted by atomic mass is 10.0. The normalized spacial score (nSPS) is 12.9. The first-order valence-corrected chi connectivity index (χ1v) is 8.68. The number of hydrogen-bond acceptors (Lipinski definition) is 5. The first-order chi connectivity index (χ1) is 11.6. The van der Waals surface area contributed by atoms with Crippen LogP contribution in [0.2, 0.25) is 0 Å². The van der Waals surface area contributed by atoms with E-state index in [1.807, 2.05) is 29.8 Å². The van der Waals surface area contributed by atoms with Crippen LogP contribution in [-0.4, -0.2) is 30.0 Å². The third-order valence-electron chi connectivity index (χ3n) is 3.97. The molecule has 0 spiro atoms. The highest BCUT2D eigenvalue weighted by atomic mass is 32.1. The van der Waals surface area contributed by atoms with Gasteiger partial charge in [0.1, 0.15) is 0 Å². The van der Waals surface area contributed by atoms with Gasteiger partial charge in [-0.15, -0.1) is 11.3 Å². The molecule has 3 rings (SSSR count). The van der Waals surface area contributed by atoms with Crippen molar-refractivity contribution in [2.75, 3.05) is 14.2 Å². The molecule has 1 aliphatic rings. The van der Waals surface area contributed by atoms with E-state index in [1.165, 1.54) is 0 Å². The number of ether oxygens (including phenoxy) is 2. The fourth-order valence-corrected chi connectivity index (χ4v) is 3.40. The topological polar surface area (TPSA) is 51.7 Å². The molecule has 6 heteroatoms. The Hall–Kier alpha value is -2.34. The summed E-state index contributed by atoms with van der Waals surface area (Å²) in [6, 6.07) is 3.86. The molecule has 1 aromatic heterocycles. The van der Waals surface area contributed by atoms with Gasteiger partial charge in [0, 0.05) is 11.6 Å². The molecule has 5 nitrogen and oxygen atoms in total. The minimum absolute atomic E-state index is 0.0413. The zero-order valence-corrected chi connectivity index (χ0v) is 14.9. The molecule has 126 valence electrons. The second-order valence-corrected chi connectivity index (χ2v) is 6.45. The van der Waals surface area contributed by atoms with Gasteiger partial charge in [-0.25, -0.2) is 4.98 Å². The summed E-state index contributed by atoms with van der Waals surface area (Å²) in [7, 11) is 3.23. The van der Waals surface area contributed by atoms with E-state index < -0.39 is 0 Å². The summed E-state index contributed by atoms with van der Waals surface area (Å²) in [4.78, 5) is 18.7. The summed E-state index contributed by atoms with van der Waals surface area (Å²) in [5.41, 5.74) is 2.92. The lowest BCUT2D eigenvalue weighted by Gasteiger charge is -2.24. The van der Waals surface area contributed by atoms with Crippen molar-refractivity contribution in [3.05, 3.63) is 45.5 Å². The van der Waals surface area contributed by atoms with Gasteiger partial charge in [-0.1, -0.05) is 6.92 Å². The number of nitrogens with zero attached hydrogens (tertiary/aromatic N) is 2. The van der Waals surface area contributed by atoms with E-state index in [0.29, 0.717) is 24.5 Å². The molecule has 0 aliphatic carbocycles.